The summed E-state index contributed by atoms with van der Waals surface area (Å²) in [5.74, 6) is 1.58. The molecule has 6 nitrogen and oxygen atoms in total. The maximum atomic E-state index is 12.6. The van der Waals surface area contributed by atoms with Crippen molar-refractivity contribution in [3.8, 4) is 0 Å². The highest BCUT2D eigenvalue weighted by Crippen LogP contribution is 2.24. The lowest BCUT2D eigenvalue weighted by Crippen LogP contribution is -2.43. The largest absolute Gasteiger partial charge is 0.465 e. The van der Waals surface area contributed by atoms with E-state index in [9.17, 15) is 8.42 Å². The maximum absolute atomic E-state index is 12.6. The van der Waals surface area contributed by atoms with Crippen molar-refractivity contribution in [1.29, 1.82) is 0 Å². The molecule has 0 radical (unpaired) electrons. The summed E-state index contributed by atoms with van der Waals surface area (Å²) in [5, 5.41) is 0. The fourth-order valence-corrected chi connectivity index (χ4v) is 3.96. The highest BCUT2D eigenvalue weighted by molar-refractivity contribution is 7.89. The molecule has 0 amide bonds. The van der Waals surface area contributed by atoms with E-state index < -0.39 is 10.0 Å². The smallest absolute Gasteiger partial charge is 0.240 e. The average Bonchev–Trinajstić information content (AvgIpc) is 3.02. The van der Waals surface area contributed by atoms with E-state index >= 15 is 0 Å². The van der Waals surface area contributed by atoms with Crippen LogP contribution in [0.15, 0.2) is 45.7 Å². The zero-order valence-corrected chi connectivity index (χ0v) is 15.4. The number of rotatable bonds is 6. The molecule has 1 unspecified atom stereocenters. The molecule has 1 atom stereocenters. The Morgan fingerprint density at radius 2 is 1.76 bits per heavy atom. The minimum Gasteiger partial charge on any atom is -0.465 e. The number of aryl methyl sites for hydroxylation is 2. The molecule has 1 fully saturated rings. The summed E-state index contributed by atoms with van der Waals surface area (Å²) < 4.78 is 39.1. The van der Waals surface area contributed by atoms with Crippen LogP contribution in [0.3, 0.4) is 0 Å². The molecule has 1 aliphatic rings. The van der Waals surface area contributed by atoms with Gasteiger partial charge in [0.1, 0.15) is 11.5 Å². The first kappa shape index (κ1) is 18.1. The van der Waals surface area contributed by atoms with Crippen LogP contribution in [0.4, 0.5) is 0 Å². The van der Waals surface area contributed by atoms with Crippen molar-refractivity contribution in [3.63, 3.8) is 0 Å². The normalized spacial score (nSPS) is 17.5. The van der Waals surface area contributed by atoms with Gasteiger partial charge in [0.2, 0.25) is 10.0 Å². The third-order valence-electron chi connectivity index (χ3n) is 4.37. The van der Waals surface area contributed by atoms with E-state index in [4.69, 9.17) is 9.15 Å². The number of benzene rings is 1. The van der Waals surface area contributed by atoms with Gasteiger partial charge in [0.05, 0.1) is 24.2 Å². The Morgan fingerprint density at radius 3 is 2.36 bits per heavy atom. The average molecular weight is 364 g/mol. The van der Waals surface area contributed by atoms with Crippen LogP contribution in [0.2, 0.25) is 0 Å². The summed E-state index contributed by atoms with van der Waals surface area (Å²) in [6.07, 6.45) is 0. The Balaban J connectivity index is 1.76. The van der Waals surface area contributed by atoms with Gasteiger partial charge in [-0.1, -0.05) is 17.7 Å². The molecule has 2 heterocycles. The van der Waals surface area contributed by atoms with Gasteiger partial charge in [-0.05, 0) is 38.1 Å². The minimum atomic E-state index is -3.56. The molecule has 0 bridgehead atoms. The molecular formula is C18H24N2O4S. The van der Waals surface area contributed by atoms with Gasteiger partial charge in [0, 0.05) is 19.6 Å². The standard InChI is InChI=1S/C18H24N2O4S/c1-14-3-6-16(7-4-14)25(21,22)19-13-17(18-8-5-15(2)24-18)20-9-11-23-12-10-20/h3-8,17,19H,9-13H2,1-2H3. The van der Waals surface area contributed by atoms with Crippen LogP contribution < -0.4 is 4.72 Å². The molecule has 1 aliphatic heterocycles. The lowest BCUT2D eigenvalue weighted by Gasteiger charge is -2.33. The van der Waals surface area contributed by atoms with Crippen LogP contribution in [0.25, 0.3) is 0 Å². The van der Waals surface area contributed by atoms with Crippen LogP contribution in [0.5, 0.6) is 0 Å². The molecule has 3 rings (SSSR count). The van der Waals surface area contributed by atoms with Crippen LogP contribution in [-0.4, -0.2) is 46.2 Å². The molecular weight excluding hydrogens is 340 g/mol. The molecule has 1 aromatic heterocycles. The van der Waals surface area contributed by atoms with Crippen molar-refractivity contribution < 1.29 is 17.6 Å². The van der Waals surface area contributed by atoms with Gasteiger partial charge in [0.25, 0.3) is 0 Å². The summed E-state index contributed by atoms with van der Waals surface area (Å²) in [7, 11) is -3.56. The highest BCUT2D eigenvalue weighted by atomic mass is 32.2. The molecule has 1 N–H and O–H groups in total. The molecule has 25 heavy (non-hydrogen) atoms. The third kappa shape index (κ3) is 4.49. The fourth-order valence-electron chi connectivity index (χ4n) is 2.92. The van der Waals surface area contributed by atoms with Gasteiger partial charge in [-0.15, -0.1) is 0 Å². The monoisotopic (exact) mass is 364 g/mol. The number of ether oxygens (including phenoxy) is 1. The van der Waals surface area contributed by atoms with Gasteiger partial charge in [-0.3, -0.25) is 4.90 Å². The van der Waals surface area contributed by atoms with E-state index in [0.717, 1.165) is 30.2 Å². The lowest BCUT2D eigenvalue weighted by atomic mass is 10.2. The molecule has 2 aromatic rings. The van der Waals surface area contributed by atoms with Crippen molar-refractivity contribution in [1.82, 2.24) is 9.62 Å². The first-order valence-corrected chi connectivity index (χ1v) is 9.88. The first-order chi connectivity index (χ1) is 12.0. The summed E-state index contributed by atoms with van der Waals surface area (Å²) in [5.41, 5.74) is 1.02. The van der Waals surface area contributed by atoms with Gasteiger partial charge in [-0.25, -0.2) is 13.1 Å². The number of sulfonamides is 1. The second-order valence-electron chi connectivity index (χ2n) is 6.28. The number of morpholine rings is 1. The Labute approximate surface area is 148 Å². The van der Waals surface area contributed by atoms with Crippen LogP contribution in [0, 0.1) is 13.8 Å². The molecule has 0 spiro atoms. The van der Waals surface area contributed by atoms with Gasteiger partial charge in [0.15, 0.2) is 0 Å². The van der Waals surface area contributed by atoms with Crippen LogP contribution in [-0.2, 0) is 14.8 Å². The molecule has 1 saturated heterocycles. The van der Waals surface area contributed by atoms with Gasteiger partial charge < -0.3 is 9.15 Å². The summed E-state index contributed by atoms with van der Waals surface area (Å²) in [4.78, 5) is 2.47. The number of furan rings is 1. The number of hydrogen-bond donors (Lipinski definition) is 1. The van der Waals surface area contributed by atoms with Crippen LogP contribution in [0.1, 0.15) is 23.1 Å². The van der Waals surface area contributed by atoms with E-state index in [1.807, 2.05) is 26.0 Å². The van der Waals surface area contributed by atoms with E-state index in [0.29, 0.717) is 13.2 Å². The molecule has 0 saturated carbocycles. The summed E-state index contributed by atoms with van der Waals surface area (Å²) in [6, 6.07) is 10.5. The van der Waals surface area contributed by atoms with Crippen molar-refractivity contribution in [2.24, 2.45) is 0 Å². The predicted octanol–water partition coefficient (Wildman–Crippen LogP) is 2.25. The van der Waals surface area contributed by atoms with E-state index in [1.54, 1.807) is 24.3 Å². The summed E-state index contributed by atoms with van der Waals surface area (Å²) >= 11 is 0. The Hall–Kier alpha value is -1.67. The number of hydrogen-bond acceptors (Lipinski definition) is 5. The van der Waals surface area contributed by atoms with Gasteiger partial charge >= 0.3 is 0 Å². The number of nitrogens with zero attached hydrogens (tertiary/aromatic N) is 1. The topological polar surface area (TPSA) is 71.8 Å². The molecule has 1 aromatic carbocycles. The third-order valence-corrected chi connectivity index (χ3v) is 5.81. The zero-order chi connectivity index (χ0) is 17.9. The van der Waals surface area contributed by atoms with Crippen molar-refractivity contribution in [3.05, 3.63) is 53.5 Å². The molecule has 0 aliphatic carbocycles. The van der Waals surface area contributed by atoms with Crippen molar-refractivity contribution in [2.75, 3.05) is 32.8 Å². The highest BCUT2D eigenvalue weighted by Gasteiger charge is 2.27. The quantitative estimate of drug-likeness (QED) is 0.851. The molecule has 136 valence electrons. The second-order valence-corrected chi connectivity index (χ2v) is 8.04. The number of nitrogens with one attached hydrogen (secondary N) is 1. The van der Waals surface area contributed by atoms with Crippen molar-refractivity contribution in [2.45, 2.75) is 24.8 Å². The Bertz CT molecular complexity index is 793. The van der Waals surface area contributed by atoms with Crippen LogP contribution >= 0.6 is 0 Å². The van der Waals surface area contributed by atoms with Gasteiger partial charge in [-0.2, -0.15) is 0 Å². The Morgan fingerprint density at radius 1 is 1.08 bits per heavy atom. The van der Waals surface area contributed by atoms with Crippen molar-refractivity contribution >= 4 is 10.0 Å². The predicted molar refractivity (Wildman–Crippen MR) is 94.9 cm³/mol. The van der Waals surface area contributed by atoms with E-state index in [1.165, 1.54) is 0 Å². The Kier molecular flexibility index (Phi) is 5.58. The maximum Gasteiger partial charge on any atom is 0.240 e. The van der Waals surface area contributed by atoms with E-state index in [-0.39, 0.29) is 17.5 Å². The molecule has 7 heteroatoms. The SMILES string of the molecule is Cc1ccc(S(=O)(=O)NCC(c2ccc(C)o2)N2CCOCC2)cc1. The second kappa shape index (κ2) is 7.70. The fraction of sp³-hybridized carbons (Fsp3) is 0.444. The zero-order valence-electron chi connectivity index (χ0n) is 14.6. The first-order valence-electron chi connectivity index (χ1n) is 8.40. The lowest BCUT2D eigenvalue weighted by molar-refractivity contribution is 0.0127. The minimum absolute atomic E-state index is 0.155. The summed E-state index contributed by atoms with van der Waals surface area (Å²) in [6.45, 7) is 6.84. The van der Waals surface area contributed by atoms with E-state index in [2.05, 4.69) is 9.62 Å².